The lowest BCUT2D eigenvalue weighted by atomic mass is 10.2. The maximum absolute atomic E-state index is 5.63. The second kappa shape index (κ2) is 10.8. The maximum Gasteiger partial charge on any atom is 0.276 e. The van der Waals surface area contributed by atoms with Gasteiger partial charge < -0.3 is 24.6 Å². The molecule has 0 saturated carbocycles. The Bertz CT molecular complexity index is 958. The third kappa shape index (κ3) is 5.69. The van der Waals surface area contributed by atoms with Gasteiger partial charge in [-0.2, -0.15) is 4.98 Å². The normalized spacial score (nSPS) is 11.2. The number of nitrogens with one attached hydrogen (secondary N) is 2. The Morgan fingerprint density at radius 3 is 2.80 bits per heavy atom. The quantitative estimate of drug-likeness (QED) is 0.409. The lowest BCUT2D eigenvalue weighted by Crippen LogP contribution is -2.31. The van der Waals surface area contributed by atoms with Crippen molar-refractivity contribution in [2.24, 2.45) is 4.99 Å². The van der Waals surface area contributed by atoms with Crippen LogP contribution in [0.15, 0.2) is 52.1 Å². The van der Waals surface area contributed by atoms with Gasteiger partial charge in [-0.05, 0) is 38.1 Å². The van der Waals surface area contributed by atoms with Gasteiger partial charge in [0.2, 0.25) is 0 Å². The topological polar surface area (TPSA) is 107 Å². The molecular formula is C21H26N6O3. The largest absolute Gasteiger partial charge is 0.493 e. The van der Waals surface area contributed by atoms with Crippen molar-refractivity contribution in [1.82, 2.24) is 20.4 Å². The Labute approximate surface area is 175 Å². The van der Waals surface area contributed by atoms with Gasteiger partial charge in [-0.1, -0.05) is 11.2 Å². The van der Waals surface area contributed by atoms with E-state index < -0.39 is 0 Å². The van der Waals surface area contributed by atoms with E-state index in [-0.39, 0.29) is 0 Å². The van der Waals surface area contributed by atoms with E-state index in [1.165, 1.54) is 0 Å². The molecule has 0 spiro atoms. The van der Waals surface area contributed by atoms with Crippen LogP contribution in [-0.4, -0.2) is 47.9 Å². The van der Waals surface area contributed by atoms with Gasteiger partial charge in [0.25, 0.3) is 5.89 Å². The van der Waals surface area contributed by atoms with E-state index in [0.717, 1.165) is 12.2 Å². The van der Waals surface area contributed by atoms with Gasteiger partial charge in [0, 0.05) is 37.5 Å². The number of benzene rings is 1. The Morgan fingerprint density at radius 1 is 1.17 bits per heavy atom. The number of anilines is 1. The fraction of sp³-hybridized carbons (Fsp3) is 0.333. The van der Waals surface area contributed by atoms with Gasteiger partial charge in [0.1, 0.15) is 5.69 Å². The smallest absolute Gasteiger partial charge is 0.276 e. The fourth-order valence-electron chi connectivity index (χ4n) is 2.68. The number of aromatic nitrogens is 3. The van der Waals surface area contributed by atoms with Crippen molar-refractivity contribution in [2.75, 3.05) is 32.1 Å². The first-order chi connectivity index (χ1) is 14.7. The van der Waals surface area contributed by atoms with Crippen LogP contribution >= 0.6 is 0 Å². The van der Waals surface area contributed by atoms with E-state index >= 15 is 0 Å². The molecule has 0 atom stereocenters. The van der Waals surface area contributed by atoms with Crippen molar-refractivity contribution < 1.29 is 14.0 Å². The highest BCUT2D eigenvalue weighted by molar-refractivity contribution is 5.93. The molecule has 0 fully saturated rings. The van der Waals surface area contributed by atoms with Crippen molar-refractivity contribution in [2.45, 2.75) is 20.3 Å². The van der Waals surface area contributed by atoms with Crippen LogP contribution in [0, 0.1) is 0 Å². The predicted octanol–water partition coefficient (Wildman–Crippen LogP) is 3.16. The second-order valence-corrected chi connectivity index (χ2v) is 6.17. The summed E-state index contributed by atoms with van der Waals surface area (Å²) >= 11 is 0. The van der Waals surface area contributed by atoms with E-state index in [0.29, 0.717) is 54.4 Å². The number of hydrogen-bond acceptors (Lipinski definition) is 7. The zero-order valence-corrected chi connectivity index (χ0v) is 17.4. The van der Waals surface area contributed by atoms with Crippen molar-refractivity contribution in [3.8, 4) is 23.1 Å². The average molecular weight is 410 g/mol. The van der Waals surface area contributed by atoms with Crippen LogP contribution in [0.5, 0.6) is 11.5 Å². The first kappa shape index (κ1) is 21.1. The zero-order chi connectivity index (χ0) is 21.2. The summed E-state index contributed by atoms with van der Waals surface area (Å²) < 4.78 is 16.2. The van der Waals surface area contributed by atoms with E-state index in [9.17, 15) is 0 Å². The van der Waals surface area contributed by atoms with E-state index in [4.69, 9.17) is 14.0 Å². The molecule has 3 rings (SSSR count). The van der Waals surface area contributed by atoms with E-state index in [1.807, 2.05) is 50.2 Å². The molecule has 158 valence electrons. The molecule has 0 saturated heterocycles. The summed E-state index contributed by atoms with van der Waals surface area (Å²) in [6, 6.07) is 11.2. The lowest BCUT2D eigenvalue weighted by molar-refractivity contribution is 0.311. The number of ether oxygens (including phenoxy) is 2. The maximum atomic E-state index is 5.63. The zero-order valence-electron chi connectivity index (χ0n) is 17.4. The predicted molar refractivity (Wildman–Crippen MR) is 115 cm³/mol. The molecule has 1 aromatic carbocycles. The summed E-state index contributed by atoms with van der Waals surface area (Å²) in [4.78, 5) is 13.2. The van der Waals surface area contributed by atoms with E-state index in [2.05, 4.69) is 30.8 Å². The average Bonchev–Trinajstić information content (AvgIpc) is 3.24. The highest BCUT2D eigenvalue weighted by atomic mass is 16.5. The molecule has 0 amide bonds. The summed E-state index contributed by atoms with van der Waals surface area (Å²) in [5.41, 5.74) is 1.50. The summed E-state index contributed by atoms with van der Waals surface area (Å²) in [5.74, 6) is 3.00. The molecule has 0 radical (unpaired) electrons. The highest BCUT2D eigenvalue weighted by Gasteiger charge is 2.10. The molecule has 0 aliphatic carbocycles. The van der Waals surface area contributed by atoms with Crippen LogP contribution in [-0.2, 0) is 6.42 Å². The molecule has 0 unspecified atom stereocenters. The molecule has 2 N–H and O–H groups in total. The molecule has 0 aliphatic rings. The molecule has 2 aromatic heterocycles. The van der Waals surface area contributed by atoms with Gasteiger partial charge in [0.15, 0.2) is 23.3 Å². The van der Waals surface area contributed by atoms with Gasteiger partial charge in [0.05, 0.1) is 13.7 Å². The molecule has 30 heavy (non-hydrogen) atoms. The van der Waals surface area contributed by atoms with Crippen molar-refractivity contribution in [3.05, 3.63) is 48.4 Å². The minimum Gasteiger partial charge on any atom is -0.493 e. The molecule has 9 nitrogen and oxygen atoms in total. The third-order valence-corrected chi connectivity index (χ3v) is 4.03. The molecule has 2 heterocycles. The monoisotopic (exact) mass is 410 g/mol. The number of hydrogen-bond donors (Lipinski definition) is 2. The SMILES string of the molecule is CCNC(=NCCc1noc(-c2ccccn2)n1)Nc1ccc(OC)c(OCC)c1. The van der Waals surface area contributed by atoms with Crippen LogP contribution in [0.4, 0.5) is 5.69 Å². The number of rotatable bonds is 9. The summed E-state index contributed by atoms with van der Waals surface area (Å²) in [7, 11) is 1.62. The van der Waals surface area contributed by atoms with Gasteiger partial charge >= 0.3 is 0 Å². The van der Waals surface area contributed by atoms with Gasteiger partial charge in [-0.15, -0.1) is 0 Å². The van der Waals surface area contributed by atoms with Gasteiger partial charge in [-0.25, -0.2) is 0 Å². The van der Waals surface area contributed by atoms with Crippen molar-refractivity contribution in [1.29, 1.82) is 0 Å². The Morgan fingerprint density at radius 2 is 2.07 bits per heavy atom. The number of pyridine rings is 1. The number of guanidine groups is 1. The minimum absolute atomic E-state index is 0.404. The first-order valence-electron chi connectivity index (χ1n) is 9.83. The van der Waals surface area contributed by atoms with Crippen LogP contribution in [0.3, 0.4) is 0 Å². The standard InChI is InChI=1S/C21H26N6O3/c1-4-22-21(25-15-9-10-17(28-3)18(14-15)29-5-2)24-13-11-19-26-20(30-27-19)16-8-6-7-12-23-16/h6-10,12,14H,4-5,11,13H2,1-3H3,(H2,22,24,25). The van der Waals surface area contributed by atoms with Crippen LogP contribution in [0.2, 0.25) is 0 Å². The molecule has 0 aliphatic heterocycles. The summed E-state index contributed by atoms with van der Waals surface area (Å²) in [5, 5.41) is 10.5. The Hall–Kier alpha value is -3.62. The molecule has 9 heteroatoms. The molecule has 0 bridgehead atoms. The van der Waals surface area contributed by atoms with E-state index in [1.54, 1.807) is 13.3 Å². The van der Waals surface area contributed by atoms with Crippen molar-refractivity contribution >= 4 is 11.6 Å². The van der Waals surface area contributed by atoms with Gasteiger partial charge in [-0.3, -0.25) is 9.98 Å². The van der Waals surface area contributed by atoms with Crippen molar-refractivity contribution in [3.63, 3.8) is 0 Å². The van der Waals surface area contributed by atoms with Crippen LogP contribution in [0.25, 0.3) is 11.6 Å². The third-order valence-electron chi connectivity index (χ3n) is 4.03. The summed E-state index contributed by atoms with van der Waals surface area (Å²) in [6.07, 6.45) is 2.23. The first-order valence-corrected chi connectivity index (χ1v) is 9.83. The minimum atomic E-state index is 0.404. The Balaban J connectivity index is 1.64. The number of aliphatic imine (C=N–C) groups is 1. The highest BCUT2D eigenvalue weighted by Crippen LogP contribution is 2.30. The molecule has 3 aromatic rings. The molecular weight excluding hydrogens is 384 g/mol. The Kier molecular flexibility index (Phi) is 7.59. The second-order valence-electron chi connectivity index (χ2n) is 6.17. The van der Waals surface area contributed by atoms with Crippen LogP contribution in [0.1, 0.15) is 19.7 Å². The summed E-state index contributed by atoms with van der Waals surface area (Å²) in [6.45, 7) is 5.72. The number of methoxy groups -OCH3 is 1. The van der Waals surface area contributed by atoms with Crippen LogP contribution < -0.4 is 20.1 Å². The number of nitrogens with zero attached hydrogens (tertiary/aromatic N) is 4. The fourth-order valence-corrected chi connectivity index (χ4v) is 2.68. The lowest BCUT2D eigenvalue weighted by Gasteiger charge is -2.14.